The minimum absolute atomic E-state index is 0.682. The SMILES string of the molecule is CCCCC[C@@]1(C(=O)O)CCCN1S. The van der Waals surface area contributed by atoms with Gasteiger partial charge in [-0.3, -0.25) is 4.79 Å². The van der Waals surface area contributed by atoms with Crippen LogP contribution in [0.1, 0.15) is 45.4 Å². The molecule has 0 unspecified atom stereocenters. The Morgan fingerprint density at radius 1 is 1.57 bits per heavy atom. The van der Waals surface area contributed by atoms with E-state index in [4.69, 9.17) is 0 Å². The molecule has 1 rings (SSSR count). The molecule has 0 aromatic heterocycles. The second-order valence-corrected chi connectivity index (χ2v) is 4.50. The number of aliphatic carboxylic acids is 1. The lowest BCUT2D eigenvalue weighted by atomic mass is 9.91. The molecule has 1 fully saturated rings. The average molecular weight is 217 g/mol. The van der Waals surface area contributed by atoms with E-state index < -0.39 is 11.5 Å². The van der Waals surface area contributed by atoms with E-state index in [-0.39, 0.29) is 0 Å². The number of hydrogen-bond donors (Lipinski definition) is 2. The van der Waals surface area contributed by atoms with Crippen LogP contribution in [0.4, 0.5) is 0 Å². The maximum atomic E-state index is 11.2. The maximum Gasteiger partial charge on any atom is 0.324 e. The zero-order valence-corrected chi connectivity index (χ0v) is 9.59. The van der Waals surface area contributed by atoms with E-state index in [2.05, 4.69) is 19.7 Å². The molecule has 1 saturated heterocycles. The second kappa shape index (κ2) is 5.03. The molecule has 3 nitrogen and oxygen atoms in total. The summed E-state index contributed by atoms with van der Waals surface area (Å²) in [6.45, 7) is 2.92. The number of unbranched alkanes of at least 4 members (excludes halogenated alkanes) is 2. The summed E-state index contributed by atoms with van der Waals surface area (Å²) in [5, 5.41) is 9.24. The van der Waals surface area contributed by atoms with Crippen LogP contribution >= 0.6 is 12.8 Å². The lowest BCUT2D eigenvalue weighted by Gasteiger charge is -2.30. The number of carbonyl (C=O) groups is 1. The van der Waals surface area contributed by atoms with E-state index in [1.54, 1.807) is 4.31 Å². The summed E-state index contributed by atoms with van der Waals surface area (Å²) in [5.74, 6) is -0.707. The zero-order valence-electron chi connectivity index (χ0n) is 8.70. The number of carboxylic acid groups (broad SMARTS) is 1. The van der Waals surface area contributed by atoms with E-state index in [1.807, 2.05) is 0 Å². The fraction of sp³-hybridized carbons (Fsp3) is 0.900. The largest absolute Gasteiger partial charge is 0.480 e. The van der Waals surface area contributed by atoms with Crippen molar-refractivity contribution >= 4 is 18.8 Å². The number of carboxylic acids is 1. The summed E-state index contributed by atoms with van der Waals surface area (Å²) in [5.41, 5.74) is -0.682. The smallest absolute Gasteiger partial charge is 0.324 e. The number of rotatable bonds is 5. The van der Waals surface area contributed by atoms with Crippen molar-refractivity contribution in [3.8, 4) is 0 Å². The summed E-state index contributed by atoms with van der Waals surface area (Å²) in [6.07, 6.45) is 5.65. The fourth-order valence-corrected chi connectivity index (χ4v) is 2.54. The van der Waals surface area contributed by atoms with Gasteiger partial charge in [0.1, 0.15) is 5.54 Å². The third-order valence-corrected chi connectivity index (χ3v) is 3.63. The highest BCUT2D eigenvalue weighted by atomic mass is 32.1. The number of hydrogen-bond acceptors (Lipinski definition) is 3. The fourth-order valence-electron chi connectivity index (χ4n) is 2.11. The highest BCUT2D eigenvalue weighted by Gasteiger charge is 2.45. The third-order valence-electron chi connectivity index (χ3n) is 3.05. The molecule has 0 bridgehead atoms. The van der Waals surface area contributed by atoms with Crippen LogP contribution in [0.5, 0.6) is 0 Å². The first-order valence-corrected chi connectivity index (χ1v) is 5.73. The van der Waals surface area contributed by atoms with Crippen LogP contribution in [0.25, 0.3) is 0 Å². The Labute approximate surface area is 91.0 Å². The van der Waals surface area contributed by atoms with Crippen LogP contribution in [0.2, 0.25) is 0 Å². The van der Waals surface area contributed by atoms with E-state index in [1.165, 1.54) is 0 Å². The molecule has 0 aromatic carbocycles. The van der Waals surface area contributed by atoms with Crippen molar-refractivity contribution in [3.63, 3.8) is 0 Å². The van der Waals surface area contributed by atoms with Crippen molar-refractivity contribution in [2.45, 2.75) is 51.0 Å². The zero-order chi connectivity index (χ0) is 10.6. The first-order chi connectivity index (χ1) is 6.63. The van der Waals surface area contributed by atoms with Crippen LogP contribution in [0, 0.1) is 0 Å². The highest BCUT2D eigenvalue weighted by molar-refractivity contribution is 7.77. The van der Waals surface area contributed by atoms with Crippen molar-refractivity contribution in [1.82, 2.24) is 4.31 Å². The molecule has 0 saturated carbocycles. The van der Waals surface area contributed by atoms with E-state index in [0.29, 0.717) is 0 Å². The minimum atomic E-state index is -0.707. The number of nitrogens with zero attached hydrogens (tertiary/aromatic N) is 1. The first-order valence-electron chi connectivity index (χ1n) is 5.33. The molecule has 0 radical (unpaired) electrons. The van der Waals surface area contributed by atoms with Gasteiger partial charge >= 0.3 is 5.97 Å². The topological polar surface area (TPSA) is 40.5 Å². The first kappa shape index (κ1) is 11.9. The molecular formula is C10H19NO2S. The minimum Gasteiger partial charge on any atom is -0.480 e. The predicted molar refractivity (Wildman–Crippen MR) is 59.4 cm³/mol. The van der Waals surface area contributed by atoms with Crippen molar-refractivity contribution in [1.29, 1.82) is 0 Å². The molecule has 0 spiro atoms. The summed E-state index contributed by atoms with van der Waals surface area (Å²) in [6, 6.07) is 0. The van der Waals surface area contributed by atoms with Gasteiger partial charge in [-0.25, -0.2) is 4.31 Å². The molecule has 1 N–H and O–H groups in total. The molecule has 4 heteroatoms. The van der Waals surface area contributed by atoms with Gasteiger partial charge in [-0.1, -0.05) is 39.0 Å². The lowest BCUT2D eigenvalue weighted by molar-refractivity contribution is -0.147. The van der Waals surface area contributed by atoms with E-state index in [0.717, 1.165) is 45.1 Å². The number of thiol groups is 1. The second-order valence-electron chi connectivity index (χ2n) is 4.02. The summed E-state index contributed by atoms with van der Waals surface area (Å²) in [4.78, 5) is 11.2. The van der Waals surface area contributed by atoms with Gasteiger partial charge in [0.25, 0.3) is 0 Å². The third kappa shape index (κ3) is 2.23. The molecule has 14 heavy (non-hydrogen) atoms. The Kier molecular flexibility index (Phi) is 4.26. The molecule has 0 aromatic rings. The van der Waals surface area contributed by atoms with Gasteiger partial charge in [0.15, 0.2) is 0 Å². The molecule has 1 aliphatic rings. The Balaban J connectivity index is 2.58. The molecule has 0 aliphatic carbocycles. The maximum absolute atomic E-state index is 11.2. The molecule has 1 aliphatic heterocycles. The van der Waals surface area contributed by atoms with Gasteiger partial charge in [-0.2, -0.15) is 0 Å². The van der Waals surface area contributed by atoms with Crippen molar-refractivity contribution in [3.05, 3.63) is 0 Å². The van der Waals surface area contributed by atoms with Gasteiger partial charge in [-0.05, 0) is 19.3 Å². The molecule has 1 atom stereocenters. The summed E-state index contributed by atoms with van der Waals surface area (Å²) in [7, 11) is 0. The predicted octanol–water partition coefficient (Wildman–Crippen LogP) is 2.33. The van der Waals surface area contributed by atoms with Gasteiger partial charge in [0.2, 0.25) is 0 Å². The van der Waals surface area contributed by atoms with Gasteiger partial charge in [-0.15, -0.1) is 0 Å². The van der Waals surface area contributed by atoms with Crippen LogP contribution < -0.4 is 0 Å². The van der Waals surface area contributed by atoms with Gasteiger partial charge < -0.3 is 5.11 Å². The normalized spacial score (nSPS) is 28.1. The quantitative estimate of drug-likeness (QED) is 0.548. The average Bonchev–Trinajstić information content (AvgIpc) is 2.49. The van der Waals surface area contributed by atoms with E-state index in [9.17, 15) is 9.90 Å². The van der Waals surface area contributed by atoms with Crippen LogP contribution in [0.3, 0.4) is 0 Å². The van der Waals surface area contributed by atoms with Crippen LogP contribution in [-0.4, -0.2) is 27.5 Å². The summed E-state index contributed by atoms with van der Waals surface area (Å²) < 4.78 is 1.71. The molecule has 1 heterocycles. The van der Waals surface area contributed by atoms with Crippen molar-refractivity contribution < 1.29 is 9.90 Å². The van der Waals surface area contributed by atoms with Crippen molar-refractivity contribution in [2.75, 3.05) is 6.54 Å². The van der Waals surface area contributed by atoms with Crippen LogP contribution in [0.15, 0.2) is 0 Å². The Morgan fingerprint density at radius 3 is 2.71 bits per heavy atom. The molecule has 82 valence electrons. The standard InChI is InChI=1S/C10H19NO2S/c1-2-3-4-6-10(9(12)13)7-5-8-11(10)14/h14H,2-8H2,1H3,(H,12,13)/t10-/m0/s1. The van der Waals surface area contributed by atoms with Gasteiger partial charge in [0, 0.05) is 6.54 Å². The molecule has 0 amide bonds. The van der Waals surface area contributed by atoms with Crippen molar-refractivity contribution in [2.24, 2.45) is 0 Å². The summed E-state index contributed by atoms with van der Waals surface area (Å²) >= 11 is 4.27. The highest BCUT2D eigenvalue weighted by Crippen LogP contribution is 2.35. The Bertz CT molecular complexity index is 210. The lowest BCUT2D eigenvalue weighted by Crippen LogP contribution is -2.46. The Hall–Kier alpha value is -0.220. The van der Waals surface area contributed by atoms with Gasteiger partial charge in [0.05, 0.1) is 0 Å². The van der Waals surface area contributed by atoms with E-state index >= 15 is 0 Å². The monoisotopic (exact) mass is 217 g/mol. The molecular weight excluding hydrogens is 198 g/mol. The Morgan fingerprint density at radius 2 is 2.29 bits per heavy atom. The van der Waals surface area contributed by atoms with Crippen LogP contribution in [-0.2, 0) is 4.79 Å².